The first kappa shape index (κ1) is 19.3. The number of thiol groups is 2. The summed E-state index contributed by atoms with van der Waals surface area (Å²) in [4.78, 5) is 9.04. The van der Waals surface area contributed by atoms with Crippen LogP contribution in [0.5, 0.6) is 0 Å². The van der Waals surface area contributed by atoms with Crippen LogP contribution in [0.25, 0.3) is 11.4 Å². The van der Waals surface area contributed by atoms with Gasteiger partial charge < -0.3 is 0 Å². The third-order valence-corrected chi connectivity index (χ3v) is 4.79. The monoisotopic (exact) mass is 360 g/mol. The fraction of sp³-hybridized carbons (Fsp3) is 0.500. The second kappa shape index (κ2) is 11.5. The fourth-order valence-corrected chi connectivity index (χ4v) is 3.22. The molecule has 0 spiro atoms. The van der Waals surface area contributed by atoms with Gasteiger partial charge >= 0.3 is 0 Å². The van der Waals surface area contributed by atoms with Gasteiger partial charge in [-0.05, 0) is 85.4 Å². The minimum absolute atomic E-state index is 0.978. The van der Waals surface area contributed by atoms with Gasteiger partial charge in [0, 0.05) is 12.4 Å². The van der Waals surface area contributed by atoms with Crippen LogP contribution in [0.4, 0.5) is 0 Å². The lowest BCUT2D eigenvalue weighted by Crippen LogP contribution is -1.94. The van der Waals surface area contributed by atoms with Crippen LogP contribution < -0.4 is 0 Å². The van der Waals surface area contributed by atoms with Crippen LogP contribution in [0, 0.1) is 0 Å². The third-order valence-electron chi connectivity index (χ3n) is 4.16. The van der Waals surface area contributed by atoms with E-state index in [-0.39, 0.29) is 0 Å². The van der Waals surface area contributed by atoms with Crippen LogP contribution in [-0.2, 0) is 12.8 Å². The van der Waals surface area contributed by atoms with Crippen molar-refractivity contribution in [3.63, 3.8) is 0 Å². The second-order valence-electron chi connectivity index (χ2n) is 6.17. The molecule has 0 aliphatic rings. The van der Waals surface area contributed by atoms with E-state index in [9.17, 15) is 0 Å². The van der Waals surface area contributed by atoms with Gasteiger partial charge in [0.1, 0.15) is 0 Å². The van der Waals surface area contributed by atoms with E-state index in [0.29, 0.717) is 0 Å². The zero-order valence-corrected chi connectivity index (χ0v) is 16.1. The maximum atomic E-state index is 4.52. The summed E-state index contributed by atoms with van der Waals surface area (Å²) in [6.45, 7) is 0. The van der Waals surface area contributed by atoms with Crippen LogP contribution >= 0.6 is 25.3 Å². The minimum Gasteiger partial charge on any atom is -0.255 e. The molecule has 0 aliphatic carbocycles. The summed E-state index contributed by atoms with van der Waals surface area (Å²) in [6.07, 6.45) is 13.3. The number of pyridine rings is 2. The number of unbranched alkanes of at least 4 members (excludes halogenated alkanes) is 4. The Morgan fingerprint density at radius 2 is 1.08 bits per heavy atom. The fourth-order valence-electron chi connectivity index (χ4n) is 2.78. The lowest BCUT2D eigenvalue weighted by molar-refractivity contribution is 0.722. The van der Waals surface area contributed by atoms with Crippen LogP contribution in [0.3, 0.4) is 0 Å². The van der Waals surface area contributed by atoms with Crippen LogP contribution in [0.1, 0.15) is 49.7 Å². The van der Waals surface area contributed by atoms with Gasteiger partial charge in [-0.15, -0.1) is 0 Å². The van der Waals surface area contributed by atoms with Crippen molar-refractivity contribution in [1.82, 2.24) is 9.97 Å². The van der Waals surface area contributed by atoms with E-state index in [1.54, 1.807) is 0 Å². The molecule has 2 aromatic rings. The first-order valence-corrected chi connectivity index (χ1v) is 10.2. The Hall–Kier alpha value is -1.00. The predicted octanol–water partition coefficient (Wildman–Crippen LogP) is 5.43. The van der Waals surface area contributed by atoms with Crippen molar-refractivity contribution in [3.8, 4) is 11.4 Å². The molecule has 0 aliphatic heterocycles. The van der Waals surface area contributed by atoms with E-state index in [0.717, 1.165) is 35.7 Å². The van der Waals surface area contributed by atoms with Crippen LogP contribution in [0.15, 0.2) is 36.7 Å². The molecule has 0 fully saturated rings. The average molecular weight is 361 g/mol. The van der Waals surface area contributed by atoms with E-state index >= 15 is 0 Å². The van der Waals surface area contributed by atoms with Crippen molar-refractivity contribution in [2.75, 3.05) is 11.5 Å². The molecule has 0 N–H and O–H groups in total. The highest BCUT2D eigenvalue weighted by atomic mass is 32.1. The molecule has 0 aromatic carbocycles. The summed E-state index contributed by atoms with van der Waals surface area (Å²) in [6, 6.07) is 8.61. The number of aromatic nitrogens is 2. The molecule has 4 heteroatoms. The summed E-state index contributed by atoms with van der Waals surface area (Å²) in [5.74, 6) is 1.96. The lowest BCUT2D eigenvalue weighted by Gasteiger charge is -2.06. The Morgan fingerprint density at radius 1 is 0.625 bits per heavy atom. The second-order valence-corrected chi connectivity index (χ2v) is 7.06. The van der Waals surface area contributed by atoms with E-state index in [2.05, 4.69) is 59.5 Å². The van der Waals surface area contributed by atoms with Crippen molar-refractivity contribution >= 4 is 25.3 Å². The summed E-state index contributed by atoms with van der Waals surface area (Å²) >= 11 is 8.54. The normalized spacial score (nSPS) is 10.9. The standard InChI is InChI=1S/C20H28N2S2/c23-13-5-1-3-7-17-9-11-21-19(15-17)20-16-18(10-12-22-20)8-4-2-6-14-24/h9-12,15-16,23-24H,1-8,13-14H2. The highest BCUT2D eigenvalue weighted by Gasteiger charge is 2.04. The van der Waals surface area contributed by atoms with Crippen molar-refractivity contribution in [3.05, 3.63) is 47.8 Å². The zero-order chi connectivity index (χ0) is 17.0. The number of aryl methyl sites for hydroxylation is 2. The first-order chi connectivity index (χ1) is 11.8. The van der Waals surface area contributed by atoms with Gasteiger partial charge in [-0.2, -0.15) is 25.3 Å². The topological polar surface area (TPSA) is 25.8 Å². The van der Waals surface area contributed by atoms with Gasteiger partial charge in [-0.25, -0.2) is 0 Å². The molecule has 2 rings (SSSR count). The summed E-state index contributed by atoms with van der Waals surface area (Å²) in [5, 5.41) is 0. The number of rotatable bonds is 11. The van der Waals surface area contributed by atoms with E-state index < -0.39 is 0 Å². The molecule has 0 amide bonds. The number of nitrogens with zero attached hydrogens (tertiary/aromatic N) is 2. The molecule has 24 heavy (non-hydrogen) atoms. The van der Waals surface area contributed by atoms with Gasteiger partial charge in [0.05, 0.1) is 11.4 Å². The third kappa shape index (κ3) is 6.86. The molecule has 2 heterocycles. The molecule has 0 bridgehead atoms. The minimum atomic E-state index is 0.978. The quantitative estimate of drug-likeness (QED) is 0.413. The highest BCUT2D eigenvalue weighted by molar-refractivity contribution is 7.80. The SMILES string of the molecule is SCCCCCc1ccnc(-c2cc(CCCCCS)ccn2)c1. The largest absolute Gasteiger partial charge is 0.255 e. The number of hydrogen-bond acceptors (Lipinski definition) is 4. The van der Waals surface area contributed by atoms with Crippen molar-refractivity contribution in [2.24, 2.45) is 0 Å². The smallest absolute Gasteiger partial charge is 0.0888 e. The maximum Gasteiger partial charge on any atom is 0.0888 e. The van der Waals surface area contributed by atoms with Crippen molar-refractivity contribution < 1.29 is 0 Å². The Morgan fingerprint density at radius 3 is 1.50 bits per heavy atom. The van der Waals surface area contributed by atoms with E-state index in [4.69, 9.17) is 0 Å². The molecule has 130 valence electrons. The van der Waals surface area contributed by atoms with Crippen molar-refractivity contribution in [1.29, 1.82) is 0 Å². The van der Waals surface area contributed by atoms with E-state index in [1.807, 2.05) is 12.4 Å². The predicted molar refractivity (Wildman–Crippen MR) is 110 cm³/mol. The summed E-state index contributed by atoms with van der Waals surface area (Å²) in [7, 11) is 0. The molecular formula is C20H28N2S2. The summed E-state index contributed by atoms with van der Waals surface area (Å²) in [5.41, 5.74) is 4.66. The Labute approximate surface area is 157 Å². The molecule has 0 unspecified atom stereocenters. The van der Waals surface area contributed by atoms with Gasteiger partial charge in [0.25, 0.3) is 0 Å². The maximum absolute atomic E-state index is 4.52. The summed E-state index contributed by atoms with van der Waals surface area (Å²) < 4.78 is 0. The molecule has 0 atom stereocenters. The highest BCUT2D eigenvalue weighted by Crippen LogP contribution is 2.19. The average Bonchev–Trinajstić information content (AvgIpc) is 2.63. The molecule has 0 saturated carbocycles. The molecule has 0 saturated heterocycles. The van der Waals surface area contributed by atoms with Gasteiger partial charge in [-0.3, -0.25) is 9.97 Å². The van der Waals surface area contributed by atoms with Crippen LogP contribution in [0.2, 0.25) is 0 Å². The van der Waals surface area contributed by atoms with Gasteiger partial charge in [0.15, 0.2) is 0 Å². The molecule has 0 radical (unpaired) electrons. The zero-order valence-electron chi connectivity index (χ0n) is 14.3. The van der Waals surface area contributed by atoms with Crippen LogP contribution in [-0.4, -0.2) is 21.5 Å². The first-order valence-electron chi connectivity index (χ1n) is 8.95. The number of hydrogen-bond donors (Lipinski definition) is 2. The molecule has 2 aromatic heterocycles. The molecular weight excluding hydrogens is 332 g/mol. The van der Waals surface area contributed by atoms with Crippen molar-refractivity contribution in [2.45, 2.75) is 51.4 Å². The Bertz CT molecular complexity index is 548. The van der Waals surface area contributed by atoms with E-state index in [1.165, 1.54) is 49.7 Å². The lowest BCUT2D eigenvalue weighted by atomic mass is 10.0. The Kier molecular flexibility index (Phi) is 9.29. The molecule has 2 nitrogen and oxygen atoms in total. The van der Waals surface area contributed by atoms with Gasteiger partial charge in [-0.1, -0.05) is 12.8 Å². The van der Waals surface area contributed by atoms with Gasteiger partial charge in [0.2, 0.25) is 0 Å². The Balaban J connectivity index is 1.97.